The number of aromatic hydroxyl groups is 1. The van der Waals surface area contributed by atoms with E-state index in [1.54, 1.807) is 12.1 Å². The molecule has 0 fully saturated rings. The zero-order valence-corrected chi connectivity index (χ0v) is 10.9. The number of phenols is 1. The first-order valence-electron chi connectivity index (χ1n) is 5.00. The second-order valence-electron chi connectivity index (χ2n) is 3.55. The Morgan fingerprint density at radius 1 is 1.59 bits per heavy atom. The first kappa shape index (κ1) is 13.8. The maximum absolute atomic E-state index is 10.5. The quantitative estimate of drug-likeness (QED) is 0.774. The Morgan fingerprint density at radius 3 is 2.76 bits per heavy atom. The average molecular weight is 304 g/mol. The van der Waals surface area contributed by atoms with Crippen LogP contribution in [0.2, 0.25) is 0 Å². The zero-order chi connectivity index (χ0) is 13.0. The van der Waals surface area contributed by atoms with Crippen LogP contribution in [0.1, 0.15) is 24.4 Å². The van der Waals surface area contributed by atoms with Crippen molar-refractivity contribution in [2.75, 3.05) is 7.11 Å². The van der Waals surface area contributed by atoms with Crippen molar-refractivity contribution in [2.24, 2.45) is 5.73 Å². The Labute approximate surface area is 107 Å². The van der Waals surface area contributed by atoms with Gasteiger partial charge < -0.3 is 20.7 Å². The van der Waals surface area contributed by atoms with Crippen molar-refractivity contribution in [1.29, 1.82) is 0 Å². The highest BCUT2D eigenvalue weighted by Crippen LogP contribution is 2.39. The SMILES string of the molecule is COc1ccc(Br)c(C(N)CCC(=O)O)c1O. The average Bonchev–Trinajstić information content (AvgIpc) is 2.26. The second-order valence-corrected chi connectivity index (χ2v) is 4.41. The van der Waals surface area contributed by atoms with E-state index in [1.807, 2.05) is 0 Å². The van der Waals surface area contributed by atoms with Crippen LogP contribution in [0.25, 0.3) is 0 Å². The number of nitrogens with two attached hydrogens (primary N) is 1. The van der Waals surface area contributed by atoms with Crippen molar-refractivity contribution in [2.45, 2.75) is 18.9 Å². The van der Waals surface area contributed by atoms with Crippen LogP contribution in [0.15, 0.2) is 16.6 Å². The van der Waals surface area contributed by atoms with E-state index in [4.69, 9.17) is 15.6 Å². The monoisotopic (exact) mass is 303 g/mol. The second kappa shape index (κ2) is 5.88. The molecule has 1 aromatic carbocycles. The van der Waals surface area contributed by atoms with Crippen LogP contribution >= 0.6 is 15.9 Å². The van der Waals surface area contributed by atoms with Gasteiger partial charge in [-0.1, -0.05) is 15.9 Å². The fraction of sp³-hybridized carbons (Fsp3) is 0.364. The molecular weight excluding hydrogens is 290 g/mol. The summed E-state index contributed by atoms with van der Waals surface area (Å²) in [4.78, 5) is 10.5. The summed E-state index contributed by atoms with van der Waals surface area (Å²) in [6, 6.07) is 2.75. The lowest BCUT2D eigenvalue weighted by atomic mass is 10.0. The van der Waals surface area contributed by atoms with Gasteiger partial charge in [0.25, 0.3) is 0 Å². The fourth-order valence-corrected chi connectivity index (χ4v) is 2.12. The van der Waals surface area contributed by atoms with Crippen LogP contribution in [-0.4, -0.2) is 23.3 Å². The molecule has 17 heavy (non-hydrogen) atoms. The molecule has 0 aliphatic heterocycles. The third-order valence-corrected chi connectivity index (χ3v) is 3.08. The number of aliphatic carboxylic acids is 1. The standard InChI is InChI=1S/C11H14BrNO4/c1-17-8-4-2-6(12)10(11(8)16)7(13)3-5-9(14)15/h2,4,7,16H,3,5,13H2,1H3,(H,14,15). The number of carbonyl (C=O) groups is 1. The normalized spacial score (nSPS) is 12.2. The number of carboxylic acid groups (broad SMARTS) is 1. The van der Waals surface area contributed by atoms with Gasteiger partial charge >= 0.3 is 5.97 Å². The first-order valence-corrected chi connectivity index (χ1v) is 5.79. The molecule has 0 heterocycles. The van der Waals surface area contributed by atoms with Crippen molar-refractivity contribution in [3.05, 3.63) is 22.2 Å². The fourth-order valence-electron chi connectivity index (χ4n) is 1.50. The number of hydrogen-bond donors (Lipinski definition) is 3. The lowest BCUT2D eigenvalue weighted by Crippen LogP contribution is -2.13. The topological polar surface area (TPSA) is 92.8 Å². The van der Waals surface area contributed by atoms with Crippen molar-refractivity contribution in [3.63, 3.8) is 0 Å². The van der Waals surface area contributed by atoms with Gasteiger partial charge in [0.2, 0.25) is 0 Å². The predicted octanol–water partition coefficient (Wildman–Crippen LogP) is 2.03. The van der Waals surface area contributed by atoms with Crippen molar-refractivity contribution in [1.82, 2.24) is 0 Å². The molecule has 1 aromatic rings. The van der Waals surface area contributed by atoms with Gasteiger partial charge in [-0.2, -0.15) is 0 Å². The molecule has 0 aliphatic carbocycles. The summed E-state index contributed by atoms with van der Waals surface area (Å²) in [7, 11) is 1.44. The van der Waals surface area contributed by atoms with Crippen LogP contribution in [0.3, 0.4) is 0 Å². The molecule has 0 saturated heterocycles. The van der Waals surface area contributed by atoms with Crippen molar-refractivity contribution in [3.8, 4) is 11.5 Å². The Kier molecular flexibility index (Phi) is 4.77. The van der Waals surface area contributed by atoms with Gasteiger partial charge in [0, 0.05) is 22.5 Å². The molecule has 0 aliphatic rings. The maximum Gasteiger partial charge on any atom is 0.303 e. The number of phenolic OH excluding ortho intramolecular Hbond substituents is 1. The number of benzene rings is 1. The van der Waals surface area contributed by atoms with E-state index in [2.05, 4.69) is 15.9 Å². The lowest BCUT2D eigenvalue weighted by Gasteiger charge is -2.16. The predicted molar refractivity (Wildman–Crippen MR) is 66.2 cm³/mol. The molecule has 94 valence electrons. The van der Waals surface area contributed by atoms with E-state index in [0.717, 1.165) is 0 Å². The number of carboxylic acids is 1. The Bertz CT molecular complexity index is 422. The van der Waals surface area contributed by atoms with Gasteiger partial charge in [0.1, 0.15) is 0 Å². The number of rotatable bonds is 5. The largest absolute Gasteiger partial charge is 0.504 e. The minimum Gasteiger partial charge on any atom is -0.504 e. The number of halogens is 1. The summed E-state index contributed by atoms with van der Waals surface area (Å²) in [6.07, 6.45) is 0.193. The Morgan fingerprint density at radius 2 is 2.24 bits per heavy atom. The minimum atomic E-state index is -0.918. The molecule has 0 saturated carbocycles. The van der Waals surface area contributed by atoms with E-state index in [0.29, 0.717) is 15.8 Å². The molecular formula is C11H14BrNO4. The van der Waals surface area contributed by atoms with Gasteiger partial charge in [0.05, 0.1) is 7.11 Å². The van der Waals surface area contributed by atoms with E-state index in [1.165, 1.54) is 7.11 Å². The summed E-state index contributed by atoms with van der Waals surface area (Å²) in [5.41, 5.74) is 6.32. The van der Waals surface area contributed by atoms with E-state index in [-0.39, 0.29) is 18.6 Å². The van der Waals surface area contributed by atoms with E-state index < -0.39 is 12.0 Å². The summed E-state index contributed by atoms with van der Waals surface area (Å²) in [5.74, 6) is -0.660. The maximum atomic E-state index is 10.5. The summed E-state index contributed by atoms with van der Waals surface area (Å²) < 4.78 is 5.61. The van der Waals surface area contributed by atoms with Crippen molar-refractivity contribution < 1.29 is 19.7 Å². The minimum absolute atomic E-state index is 0.0513. The van der Waals surface area contributed by atoms with E-state index >= 15 is 0 Å². The number of methoxy groups -OCH3 is 1. The summed E-state index contributed by atoms with van der Waals surface area (Å²) in [6.45, 7) is 0. The molecule has 0 bridgehead atoms. The van der Waals surface area contributed by atoms with Gasteiger partial charge in [-0.05, 0) is 18.6 Å². The molecule has 1 unspecified atom stereocenters. The first-order chi connectivity index (χ1) is 7.97. The van der Waals surface area contributed by atoms with Gasteiger partial charge in [-0.15, -0.1) is 0 Å². The molecule has 1 atom stereocenters. The molecule has 6 heteroatoms. The van der Waals surface area contributed by atoms with Crippen LogP contribution < -0.4 is 10.5 Å². The molecule has 1 rings (SSSR count). The van der Waals surface area contributed by atoms with Gasteiger partial charge in [-0.3, -0.25) is 4.79 Å². The third kappa shape index (κ3) is 3.34. The highest BCUT2D eigenvalue weighted by molar-refractivity contribution is 9.10. The number of ether oxygens (including phenoxy) is 1. The molecule has 0 spiro atoms. The van der Waals surface area contributed by atoms with Crippen molar-refractivity contribution >= 4 is 21.9 Å². The van der Waals surface area contributed by atoms with Crippen LogP contribution in [0, 0.1) is 0 Å². The van der Waals surface area contributed by atoms with Gasteiger partial charge in [-0.25, -0.2) is 0 Å². The third-order valence-electron chi connectivity index (χ3n) is 2.39. The molecule has 4 N–H and O–H groups in total. The highest BCUT2D eigenvalue weighted by atomic mass is 79.9. The van der Waals surface area contributed by atoms with E-state index in [9.17, 15) is 9.90 Å². The smallest absolute Gasteiger partial charge is 0.303 e. The highest BCUT2D eigenvalue weighted by Gasteiger charge is 2.18. The molecule has 0 aromatic heterocycles. The number of hydrogen-bond acceptors (Lipinski definition) is 4. The zero-order valence-electron chi connectivity index (χ0n) is 9.31. The summed E-state index contributed by atoms with van der Waals surface area (Å²) in [5, 5.41) is 18.5. The van der Waals surface area contributed by atoms with Crippen LogP contribution in [0.5, 0.6) is 11.5 Å². The van der Waals surface area contributed by atoms with Crippen LogP contribution in [0.4, 0.5) is 0 Å². The molecule has 5 nitrogen and oxygen atoms in total. The summed E-state index contributed by atoms with van der Waals surface area (Å²) >= 11 is 3.28. The Balaban J connectivity index is 2.99. The lowest BCUT2D eigenvalue weighted by molar-refractivity contribution is -0.137. The van der Waals surface area contributed by atoms with Crippen LogP contribution in [-0.2, 0) is 4.79 Å². The molecule has 0 radical (unpaired) electrons. The Hall–Kier alpha value is -1.27. The van der Waals surface area contributed by atoms with Gasteiger partial charge in [0.15, 0.2) is 11.5 Å². The molecule has 0 amide bonds.